The zero-order chi connectivity index (χ0) is 17.9. The van der Waals surface area contributed by atoms with Gasteiger partial charge >= 0.3 is 0 Å². The molecule has 1 amide bonds. The number of aromatic nitrogens is 4. The Hall–Kier alpha value is -3.55. The lowest BCUT2D eigenvalue weighted by atomic mass is 10.1. The van der Waals surface area contributed by atoms with Crippen LogP contribution in [0.15, 0.2) is 53.8 Å². The number of rotatable bonds is 3. The molecule has 1 aliphatic rings. The van der Waals surface area contributed by atoms with Gasteiger partial charge in [0.15, 0.2) is 0 Å². The van der Waals surface area contributed by atoms with Gasteiger partial charge in [-0.15, -0.1) is 0 Å². The molecule has 0 aliphatic carbocycles. The fourth-order valence-corrected chi connectivity index (χ4v) is 2.88. The van der Waals surface area contributed by atoms with Crippen LogP contribution in [-0.4, -0.2) is 37.3 Å². The molecule has 0 saturated carbocycles. The van der Waals surface area contributed by atoms with Crippen LogP contribution in [0.25, 0.3) is 0 Å². The maximum absolute atomic E-state index is 12.7. The van der Waals surface area contributed by atoms with Crippen LogP contribution in [-0.2, 0) is 13.0 Å². The monoisotopic (exact) mass is 348 g/mol. The van der Waals surface area contributed by atoms with E-state index in [1.807, 2.05) is 30.3 Å². The van der Waals surface area contributed by atoms with Crippen molar-refractivity contribution in [2.24, 2.45) is 0 Å². The molecule has 0 spiro atoms. The summed E-state index contributed by atoms with van der Waals surface area (Å²) in [4.78, 5) is 41.3. The van der Waals surface area contributed by atoms with Crippen LogP contribution in [0.1, 0.15) is 21.6 Å². The van der Waals surface area contributed by atoms with Crippen molar-refractivity contribution >= 4 is 17.5 Å². The van der Waals surface area contributed by atoms with Crippen molar-refractivity contribution in [2.45, 2.75) is 13.0 Å². The van der Waals surface area contributed by atoms with Gasteiger partial charge in [-0.05, 0) is 18.6 Å². The first kappa shape index (κ1) is 15.9. The van der Waals surface area contributed by atoms with Crippen molar-refractivity contribution in [3.63, 3.8) is 0 Å². The molecule has 4 rings (SSSR count). The zero-order valence-corrected chi connectivity index (χ0v) is 13.8. The molecule has 0 radical (unpaired) electrons. The molecule has 130 valence electrons. The molecule has 26 heavy (non-hydrogen) atoms. The van der Waals surface area contributed by atoms with E-state index < -0.39 is 0 Å². The smallest absolute Gasteiger partial charge is 0.257 e. The van der Waals surface area contributed by atoms with Crippen LogP contribution in [0, 0.1) is 0 Å². The summed E-state index contributed by atoms with van der Waals surface area (Å²) < 4.78 is 0. The van der Waals surface area contributed by atoms with E-state index in [0.29, 0.717) is 42.3 Å². The highest BCUT2D eigenvalue weighted by Gasteiger charge is 2.24. The number of hydrogen-bond acceptors (Lipinski definition) is 6. The number of H-pyrrole nitrogens is 1. The van der Waals surface area contributed by atoms with E-state index in [1.54, 1.807) is 4.90 Å². The summed E-state index contributed by atoms with van der Waals surface area (Å²) in [7, 11) is 0. The molecule has 2 N–H and O–H groups in total. The maximum Gasteiger partial charge on any atom is 0.257 e. The molecule has 2 aromatic heterocycles. The highest BCUT2D eigenvalue weighted by Crippen LogP contribution is 2.16. The number of carbonyl (C=O) groups excluding carboxylic acids is 1. The summed E-state index contributed by atoms with van der Waals surface area (Å²) in [6.45, 7) is 0.771. The minimum Gasteiger partial charge on any atom is -0.332 e. The van der Waals surface area contributed by atoms with Crippen molar-refractivity contribution in [3.8, 4) is 0 Å². The third-order valence-electron chi connectivity index (χ3n) is 4.23. The molecule has 3 aromatic rings. The van der Waals surface area contributed by atoms with Crippen LogP contribution in [0.4, 0.5) is 11.6 Å². The SMILES string of the molecule is O=C(c1cnc(Nc2ccccc2)nc1)N1CCc2c(nc[nH]c2=O)C1. The third-order valence-corrected chi connectivity index (χ3v) is 4.23. The number of amides is 1. The molecular weight excluding hydrogens is 332 g/mol. The van der Waals surface area contributed by atoms with Crippen LogP contribution >= 0.6 is 0 Å². The van der Waals surface area contributed by atoms with E-state index in [4.69, 9.17) is 0 Å². The Morgan fingerprint density at radius 2 is 1.88 bits per heavy atom. The van der Waals surface area contributed by atoms with Gasteiger partial charge in [0.05, 0.1) is 24.1 Å². The highest BCUT2D eigenvalue weighted by molar-refractivity contribution is 5.93. The lowest BCUT2D eigenvalue weighted by molar-refractivity contribution is 0.0730. The second-order valence-electron chi connectivity index (χ2n) is 5.92. The number of aromatic amines is 1. The summed E-state index contributed by atoms with van der Waals surface area (Å²) in [5, 5.41) is 3.07. The molecule has 3 heterocycles. The summed E-state index contributed by atoms with van der Waals surface area (Å²) in [5.74, 6) is 0.244. The van der Waals surface area contributed by atoms with Crippen molar-refractivity contribution in [2.75, 3.05) is 11.9 Å². The topological polar surface area (TPSA) is 104 Å². The molecule has 1 aromatic carbocycles. The van der Waals surface area contributed by atoms with Gasteiger partial charge in [-0.2, -0.15) is 0 Å². The molecule has 0 fully saturated rings. The average Bonchev–Trinajstić information content (AvgIpc) is 2.69. The molecule has 0 bridgehead atoms. The fourth-order valence-electron chi connectivity index (χ4n) is 2.88. The zero-order valence-electron chi connectivity index (χ0n) is 13.8. The Labute approximate surface area is 149 Å². The van der Waals surface area contributed by atoms with Gasteiger partial charge in [0, 0.05) is 30.2 Å². The predicted molar refractivity (Wildman–Crippen MR) is 95.1 cm³/mol. The Morgan fingerprint density at radius 3 is 2.65 bits per heavy atom. The molecule has 0 unspecified atom stereocenters. The van der Waals surface area contributed by atoms with Gasteiger partial charge < -0.3 is 15.2 Å². The quantitative estimate of drug-likeness (QED) is 0.743. The molecule has 0 saturated heterocycles. The van der Waals surface area contributed by atoms with E-state index in [9.17, 15) is 9.59 Å². The Bertz CT molecular complexity index is 985. The lowest BCUT2D eigenvalue weighted by Gasteiger charge is -2.27. The van der Waals surface area contributed by atoms with Gasteiger partial charge in [0.25, 0.3) is 11.5 Å². The Morgan fingerprint density at radius 1 is 1.12 bits per heavy atom. The minimum absolute atomic E-state index is 0.137. The number of fused-ring (bicyclic) bond motifs is 1. The number of hydrogen-bond donors (Lipinski definition) is 2. The summed E-state index contributed by atoms with van der Waals surface area (Å²) >= 11 is 0. The Kier molecular flexibility index (Phi) is 4.14. The second-order valence-corrected chi connectivity index (χ2v) is 5.92. The van der Waals surface area contributed by atoms with Crippen molar-refractivity contribution in [1.82, 2.24) is 24.8 Å². The Balaban J connectivity index is 1.48. The number of nitrogens with one attached hydrogen (secondary N) is 2. The van der Waals surface area contributed by atoms with Crippen LogP contribution in [0.2, 0.25) is 0 Å². The van der Waals surface area contributed by atoms with Crippen molar-refractivity contribution in [3.05, 3.63) is 76.2 Å². The van der Waals surface area contributed by atoms with E-state index in [-0.39, 0.29) is 11.5 Å². The molecule has 8 heteroatoms. The first-order valence-electron chi connectivity index (χ1n) is 8.19. The molecule has 1 aliphatic heterocycles. The number of para-hydroxylation sites is 1. The van der Waals surface area contributed by atoms with Crippen LogP contribution in [0.3, 0.4) is 0 Å². The van der Waals surface area contributed by atoms with Gasteiger partial charge in [-0.1, -0.05) is 18.2 Å². The van der Waals surface area contributed by atoms with Crippen molar-refractivity contribution < 1.29 is 4.79 Å². The van der Waals surface area contributed by atoms with Gasteiger partial charge in [0.1, 0.15) is 0 Å². The summed E-state index contributed by atoms with van der Waals surface area (Å²) in [6.07, 6.45) is 4.85. The number of anilines is 2. The lowest BCUT2D eigenvalue weighted by Crippen LogP contribution is -2.39. The van der Waals surface area contributed by atoms with Gasteiger partial charge in [0.2, 0.25) is 5.95 Å². The predicted octanol–water partition coefficient (Wildman–Crippen LogP) is 1.50. The summed E-state index contributed by atoms with van der Waals surface area (Å²) in [6, 6.07) is 9.55. The molecule has 0 atom stereocenters. The minimum atomic E-state index is -0.177. The van der Waals surface area contributed by atoms with Crippen LogP contribution in [0.5, 0.6) is 0 Å². The summed E-state index contributed by atoms with van der Waals surface area (Å²) in [5.41, 5.74) is 2.42. The van der Waals surface area contributed by atoms with Crippen molar-refractivity contribution in [1.29, 1.82) is 0 Å². The van der Waals surface area contributed by atoms with E-state index in [0.717, 1.165) is 5.69 Å². The highest BCUT2D eigenvalue weighted by atomic mass is 16.2. The fraction of sp³-hybridized carbons (Fsp3) is 0.167. The standard InChI is InChI=1S/C18H16N6O2/c25-16-14-6-7-24(10-15(14)21-11-22-16)17(26)12-8-19-18(20-9-12)23-13-4-2-1-3-5-13/h1-5,8-9,11H,6-7,10H2,(H,19,20,23)(H,21,22,25). The average molecular weight is 348 g/mol. The molecule has 8 nitrogen and oxygen atoms in total. The first-order valence-corrected chi connectivity index (χ1v) is 8.19. The first-order chi connectivity index (χ1) is 12.7. The number of nitrogens with zero attached hydrogens (tertiary/aromatic N) is 4. The van der Waals surface area contributed by atoms with E-state index in [2.05, 4.69) is 25.3 Å². The largest absolute Gasteiger partial charge is 0.332 e. The maximum atomic E-state index is 12.7. The number of carbonyl (C=O) groups is 1. The van der Waals surface area contributed by atoms with Gasteiger partial charge in [-0.25, -0.2) is 15.0 Å². The van der Waals surface area contributed by atoms with Gasteiger partial charge in [-0.3, -0.25) is 9.59 Å². The molecular formula is C18H16N6O2. The normalized spacial score (nSPS) is 13.2. The van der Waals surface area contributed by atoms with Crippen LogP contribution < -0.4 is 10.9 Å². The number of benzene rings is 1. The second kappa shape index (κ2) is 6.75. The third kappa shape index (κ3) is 3.16. The van der Waals surface area contributed by atoms with E-state index in [1.165, 1.54) is 18.7 Å². The van der Waals surface area contributed by atoms with E-state index >= 15 is 0 Å².